The van der Waals surface area contributed by atoms with E-state index in [0.717, 1.165) is 18.4 Å². The van der Waals surface area contributed by atoms with Crippen LogP contribution in [0.4, 0.5) is 0 Å². The van der Waals surface area contributed by atoms with Crippen LogP contribution in [-0.4, -0.2) is 38.1 Å². The standard InChI is InChI=1S/C15H32N2/c1-6-8-15(4,11-16-5)12-17-9-7-13(2)14(3)10-17/h13-14,16H,6-12H2,1-5H3. The molecular formula is C15H32N2. The van der Waals surface area contributed by atoms with Crippen molar-refractivity contribution >= 4 is 0 Å². The van der Waals surface area contributed by atoms with Crippen LogP contribution in [-0.2, 0) is 0 Å². The lowest BCUT2D eigenvalue weighted by molar-refractivity contribution is 0.0852. The highest BCUT2D eigenvalue weighted by atomic mass is 15.1. The molecule has 2 heteroatoms. The number of piperidine rings is 1. The van der Waals surface area contributed by atoms with Crippen LogP contribution in [0.5, 0.6) is 0 Å². The predicted octanol–water partition coefficient (Wildman–Crippen LogP) is 2.99. The molecule has 0 spiro atoms. The molecule has 17 heavy (non-hydrogen) atoms. The number of rotatable bonds is 6. The van der Waals surface area contributed by atoms with Gasteiger partial charge in [0, 0.05) is 19.6 Å². The Morgan fingerprint density at radius 2 is 2.00 bits per heavy atom. The number of hydrogen-bond donors (Lipinski definition) is 1. The van der Waals surface area contributed by atoms with Crippen molar-refractivity contribution in [3.63, 3.8) is 0 Å². The van der Waals surface area contributed by atoms with Gasteiger partial charge >= 0.3 is 0 Å². The van der Waals surface area contributed by atoms with Gasteiger partial charge in [0.15, 0.2) is 0 Å². The van der Waals surface area contributed by atoms with Gasteiger partial charge in [-0.05, 0) is 43.7 Å². The van der Waals surface area contributed by atoms with E-state index >= 15 is 0 Å². The minimum atomic E-state index is 0.448. The second-order valence-corrected chi connectivity index (χ2v) is 6.57. The minimum absolute atomic E-state index is 0.448. The second-order valence-electron chi connectivity index (χ2n) is 6.57. The van der Waals surface area contributed by atoms with E-state index in [0.29, 0.717) is 5.41 Å². The van der Waals surface area contributed by atoms with E-state index in [2.05, 4.69) is 45.0 Å². The maximum atomic E-state index is 3.38. The molecule has 0 aliphatic carbocycles. The second kappa shape index (κ2) is 6.75. The van der Waals surface area contributed by atoms with E-state index < -0.39 is 0 Å². The molecule has 3 unspecified atom stereocenters. The molecule has 0 aromatic rings. The maximum Gasteiger partial charge on any atom is 0.00476 e. The van der Waals surface area contributed by atoms with Gasteiger partial charge < -0.3 is 10.2 Å². The molecule has 1 saturated heterocycles. The van der Waals surface area contributed by atoms with Gasteiger partial charge in [0.1, 0.15) is 0 Å². The molecule has 1 aliphatic rings. The molecule has 0 bridgehead atoms. The summed E-state index contributed by atoms with van der Waals surface area (Å²) in [5.41, 5.74) is 0.448. The molecule has 2 nitrogen and oxygen atoms in total. The number of nitrogens with one attached hydrogen (secondary N) is 1. The van der Waals surface area contributed by atoms with Crippen molar-refractivity contribution in [2.75, 3.05) is 33.2 Å². The topological polar surface area (TPSA) is 15.3 Å². The Hall–Kier alpha value is -0.0800. The van der Waals surface area contributed by atoms with E-state index in [1.807, 2.05) is 0 Å². The number of hydrogen-bond acceptors (Lipinski definition) is 2. The van der Waals surface area contributed by atoms with Crippen LogP contribution < -0.4 is 5.32 Å². The van der Waals surface area contributed by atoms with Gasteiger partial charge in [0.2, 0.25) is 0 Å². The van der Waals surface area contributed by atoms with Crippen molar-refractivity contribution in [1.82, 2.24) is 10.2 Å². The first-order valence-electron chi connectivity index (χ1n) is 7.37. The zero-order valence-corrected chi connectivity index (χ0v) is 12.6. The Labute approximate surface area is 108 Å². The van der Waals surface area contributed by atoms with Gasteiger partial charge in [0.25, 0.3) is 0 Å². The van der Waals surface area contributed by atoms with Gasteiger partial charge in [-0.3, -0.25) is 0 Å². The lowest BCUT2D eigenvalue weighted by atomic mass is 9.82. The molecule has 1 rings (SSSR count). The van der Waals surface area contributed by atoms with Gasteiger partial charge in [-0.15, -0.1) is 0 Å². The van der Waals surface area contributed by atoms with Crippen molar-refractivity contribution in [2.24, 2.45) is 17.3 Å². The third kappa shape index (κ3) is 4.59. The summed E-state index contributed by atoms with van der Waals surface area (Å²) < 4.78 is 0. The van der Waals surface area contributed by atoms with Crippen LogP contribution in [0.1, 0.15) is 47.0 Å². The zero-order valence-electron chi connectivity index (χ0n) is 12.6. The van der Waals surface area contributed by atoms with Gasteiger partial charge in [-0.25, -0.2) is 0 Å². The quantitative estimate of drug-likeness (QED) is 0.768. The summed E-state index contributed by atoms with van der Waals surface area (Å²) in [4.78, 5) is 2.69. The van der Waals surface area contributed by atoms with Gasteiger partial charge in [-0.1, -0.05) is 34.1 Å². The molecule has 0 saturated carbocycles. The minimum Gasteiger partial charge on any atom is -0.319 e. The SMILES string of the molecule is CCCC(C)(CNC)CN1CCC(C)C(C)C1. The van der Waals surface area contributed by atoms with Crippen LogP contribution in [0.2, 0.25) is 0 Å². The molecule has 0 radical (unpaired) electrons. The Balaban J connectivity index is 2.49. The molecule has 1 N–H and O–H groups in total. The van der Waals surface area contributed by atoms with E-state index in [1.54, 1.807) is 0 Å². The zero-order chi connectivity index (χ0) is 12.9. The van der Waals surface area contributed by atoms with Crippen molar-refractivity contribution in [3.05, 3.63) is 0 Å². The van der Waals surface area contributed by atoms with Crippen molar-refractivity contribution < 1.29 is 0 Å². The molecule has 102 valence electrons. The van der Waals surface area contributed by atoms with Crippen molar-refractivity contribution in [2.45, 2.75) is 47.0 Å². The summed E-state index contributed by atoms with van der Waals surface area (Å²) in [6.07, 6.45) is 4.00. The first kappa shape index (κ1) is 15.0. The smallest absolute Gasteiger partial charge is 0.00476 e. The van der Waals surface area contributed by atoms with Crippen LogP contribution in [0.15, 0.2) is 0 Å². The first-order valence-corrected chi connectivity index (χ1v) is 7.37. The third-order valence-corrected chi connectivity index (χ3v) is 4.48. The molecular weight excluding hydrogens is 208 g/mol. The normalized spacial score (nSPS) is 30.2. The Morgan fingerprint density at radius 1 is 1.29 bits per heavy atom. The predicted molar refractivity (Wildman–Crippen MR) is 76.3 cm³/mol. The Bertz CT molecular complexity index is 209. The van der Waals surface area contributed by atoms with Crippen molar-refractivity contribution in [1.29, 1.82) is 0 Å². The lowest BCUT2D eigenvalue weighted by Crippen LogP contribution is -2.46. The first-order chi connectivity index (χ1) is 8.00. The van der Waals surface area contributed by atoms with Crippen LogP contribution >= 0.6 is 0 Å². The van der Waals surface area contributed by atoms with E-state index in [1.165, 1.54) is 38.9 Å². The summed E-state index contributed by atoms with van der Waals surface area (Å²) >= 11 is 0. The highest BCUT2D eigenvalue weighted by Gasteiger charge is 2.29. The molecule has 1 heterocycles. The molecule has 3 atom stereocenters. The Kier molecular flexibility index (Phi) is 5.94. The van der Waals surface area contributed by atoms with Crippen LogP contribution in [0.25, 0.3) is 0 Å². The average molecular weight is 240 g/mol. The fourth-order valence-corrected chi connectivity index (χ4v) is 3.29. The fraction of sp³-hybridized carbons (Fsp3) is 1.00. The summed E-state index contributed by atoms with van der Waals surface area (Å²) in [5, 5.41) is 3.38. The summed E-state index contributed by atoms with van der Waals surface area (Å²) in [5.74, 6) is 1.78. The summed E-state index contributed by atoms with van der Waals surface area (Å²) in [7, 11) is 2.08. The molecule has 1 fully saturated rings. The summed E-state index contributed by atoms with van der Waals surface area (Å²) in [6, 6.07) is 0. The number of nitrogens with zero attached hydrogens (tertiary/aromatic N) is 1. The summed E-state index contributed by atoms with van der Waals surface area (Å²) in [6.45, 7) is 14.6. The maximum absolute atomic E-state index is 3.38. The number of likely N-dealkylation sites (tertiary alicyclic amines) is 1. The highest BCUT2D eigenvalue weighted by Crippen LogP contribution is 2.28. The monoisotopic (exact) mass is 240 g/mol. The van der Waals surface area contributed by atoms with E-state index in [9.17, 15) is 0 Å². The fourth-order valence-electron chi connectivity index (χ4n) is 3.29. The molecule has 0 aromatic carbocycles. The molecule has 0 aromatic heterocycles. The van der Waals surface area contributed by atoms with Crippen LogP contribution in [0.3, 0.4) is 0 Å². The van der Waals surface area contributed by atoms with Gasteiger partial charge in [0.05, 0.1) is 0 Å². The van der Waals surface area contributed by atoms with Crippen LogP contribution in [0, 0.1) is 17.3 Å². The third-order valence-electron chi connectivity index (χ3n) is 4.48. The largest absolute Gasteiger partial charge is 0.319 e. The van der Waals surface area contributed by atoms with E-state index in [4.69, 9.17) is 0 Å². The van der Waals surface area contributed by atoms with E-state index in [-0.39, 0.29) is 0 Å². The average Bonchev–Trinajstić information content (AvgIpc) is 2.24. The molecule has 1 aliphatic heterocycles. The lowest BCUT2D eigenvalue weighted by Gasteiger charge is -2.41. The van der Waals surface area contributed by atoms with Crippen molar-refractivity contribution in [3.8, 4) is 0 Å². The van der Waals surface area contributed by atoms with Gasteiger partial charge in [-0.2, -0.15) is 0 Å². The highest BCUT2D eigenvalue weighted by molar-refractivity contribution is 4.83. The Morgan fingerprint density at radius 3 is 2.53 bits per heavy atom. The molecule has 0 amide bonds.